The van der Waals surface area contributed by atoms with Gasteiger partial charge in [0.2, 0.25) is 0 Å². The fraction of sp³-hybridized carbons (Fsp3) is 0.100. The molecule has 3 heterocycles. The van der Waals surface area contributed by atoms with Crippen LogP contribution in [0.3, 0.4) is 0 Å². The second-order valence-electron chi connectivity index (χ2n) is 5.70. The Hall–Kier alpha value is -3.18. The zero-order chi connectivity index (χ0) is 17.1. The minimum atomic E-state index is 0.744. The Kier molecular flexibility index (Phi) is 4.14. The van der Waals surface area contributed by atoms with Crippen molar-refractivity contribution >= 4 is 11.0 Å². The maximum Gasteiger partial charge on any atom is 0.117 e. The first-order valence-corrected chi connectivity index (χ1v) is 8.13. The lowest BCUT2D eigenvalue weighted by molar-refractivity contribution is 0.818. The smallest absolute Gasteiger partial charge is 0.117 e. The maximum absolute atomic E-state index is 4.87. The molecule has 0 aliphatic carbocycles. The van der Waals surface area contributed by atoms with E-state index in [1.165, 1.54) is 5.56 Å². The lowest BCUT2D eigenvalue weighted by Gasteiger charge is -2.10. The average molecular weight is 327 g/mol. The van der Waals surface area contributed by atoms with Gasteiger partial charge in [-0.15, -0.1) is 0 Å². The van der Waals surface area contributed by atoms with Gasteiger partial charge >= 0.3 is 0 Å². The van der Waals surface area contributed by atoms with Gasteiger partial charge in [0.25, 0.3) is 0 Å². The van der Waals surface area contributed by atoms with Crippen LogP contribution in [0.25, 0.3) is 33.8 Å². The van der Waals surface area contributed by atoms with Crippen LogP contribution in [0, 0.1) is 0 Å². The van der Waals surface area contributed by atoms with Crippen LogP contribution in [0.2, 0.25) is 0 Å². The van der Waals surface area contributed by atoms with E-state index >= 15 is 0 Å². The van der Waals surface area contributed by atoms with Crippen LogP contribution in [0.4, 0.5) is 0 Å². The van der Waals surface area contributed by atoms with Crippen LogP contribution in [-0.4, -0.2) is 27.0 Å². The Balaban J connectivity index is 1.97. The summed E-state index contributed by atoms with van der Waals surface area (Å²) in [5.74, 6) is 0. The lowest BCUT2D eigenvalue weighted by Crippen LogP contribution is -2.05. The summed E-state index contributed by atoms with van der Waals surface area (Å²) in [6.45, 7) is 0.790. The van der Waals surface area contributed by atoms with E-state index in [2.05, 4.69) is 27.4 Å². The molecule has 0 aliphatic rings. The van der Waals surface area contributed by atoms with E-state index in [4.69, 9.17) is 9.97 Å². The molecule has 0 fully saturated rings. The molecule has 0 spiro atoms. The number of hydrogen-bond acceptors (Lipinski definition) is 5. The molecule has 0 bridgehead atoms. The van der Waals surface area contributed by atoms with E-state index in [0.717, 1.165) is 40.4 Å². The number of pyridine rings is 2. The summed E-state index contributed by atoms with van der Waals surface area (Å²) in [5.41, 5.74) is 5.94. The van der Waals surface area contributed by atoms with Gasteiger partial charge in [-0.05, 0) is 49.0 Å². The highest BCUT2D eigenvalue weighted by Crippen LogP contribution is 2.28. The van der Waals surface area contributed by atoms with Crippen molar-refractivity contribution in [1.29, 1.82) is 0 Å². The fourth-order valence-electron chi connectivity index (χ4n) is 2.78. The Bertz CT molecular complexity index is 1000. The topological polar surface area (TPSA) is 63.6 Å². The van der Waals surface area contributed by atoms with Crippen molar-refractivity contribution in [3.63, 3.8) is 0 Å². The first kappa shape index (κ1) is 15.4. The minimum Gasteiger partial charge on any atom is -0.316 e. The second kappa shape index (κ2) is 6.75. The van der Waals surface area contributed by atoms with Gasteiger partial charge in [0.15, 0.2) is 0 Å². The molecule has 4 rings (SSSR count). The Morgan fingerprint density at radius 1 is 0.760 bits per heavy atom. The third-order valence-corrected chi connectivity index (χ3v) is 3.92. The van der Waals surface area contributed by atoms with Gasteiger partial charge in [-0.1, -0.05) is 18.2 Å². The molecule has 0 unspecified atom stereocenters. The lowest BCUT2D eigenvalue weighted by atomic mass is 10.1. The molecule has 0 saturated heterocycles. The summed E-state index contributed by atoms with van der Waals surface area (Å²) in [6.07, 6.45) is 3.53. The number of rotatable bonds is 4. The zero-order valence-electron chi connectivity index (χ0n) is 13.8. The number of aromatic nitrogens is 4. The largest absolute Gasteiger partial charge is 0.316 e. The Morgan fingerprint density at radius 3 is 1.96 bits per heavy atom. The Morgan fingerprint density at radius 2 is 1.40 bits per heavy atom. The number of hydrogen-bond donors (Lipinski definition) is 1. The zero-order valence-corrected chi connectivity index (χ0v) is 13.8. The summed E-state index contributed by atoms with van der Waals surface area (Å²) in [5, 5.41) is 3.16. The monoisotopic (exact) mass is 327 g/mol. The molecule has 3 aromatic heterocycles. The molecule has 0 saturated carbocycles. The summed E-state index contributed by atoms with van der Waals surface area (Å²) < 4.78 is 0. The quantitative estimate of drug-likeness (QED) is 0.622. The van der Waals surface area contributed by atoms with Crippen molar-refractivity contribution in [2.45, 2.75) is 6.54 Å². The highest BCUT2D eigenvalue weighted by molar-refractivity contribution is 5.84. The molecule has 122 valence electrons. The predicted octanol–water partition coefficient (Wildman–Crippen LogP) is 3.47. The van der Waals surface area contributed by atoms with Crippen LogP contribution in [0.1, 0.15) is 5.56 Å². The van der Waals surface area contributed by atoms with Crippen LogP contribution in [-0.2, 0) is 6.54 Å². The SMILES string of the molecule is CNCc1ccc2nc(-c3ccccn3)c(-c3ccccn3)nc2c1. The molecule has 25 heavy (non-hydrogen) atoms. The van der Waals surface area contributed by atoms with Gasteiger partial charge in [-0.25, -0.2) is 9.97 Å². The molecular weight excluding hydrogens is 310 g/mol. The van der Waals surface area contributed by atoms with Crippen LogP contribution >= 0.6 is 0 Å². The molecule has 0 aliphatic heterocycles. The van der Waals surface area contributed by atoms with Crippen molar-refractivity contribution < 1.29 is 0 Å². The van der Waals surface area contributed by atoms with Crippen molar-refractivity contribution in [2.24, 2.45) is 0 Å². The maximum atomic E-state index is 4.87. The van der Waals surface area contributed by atoms with E-state index in [1.807, 2.05) is 49.5 Å². The number of nitrogens with one attached hydrogen (secondary N) is 1. The average Bonchev–Trinajstić information content (AvgIpc) is 2.68. The summed E-state index contributed by atoms with van der Waals surface area (Å²) >= 11 is 0. The van der Waals surface area contributed by atoms with Crippen LogP contribution in [0.5, 0.6) is 0 Å². The van der Waals surface area contributed by atoms with Gasteiger partial charge in [-0.2, -0.15) is 0 Å². The van der Waals surface area contributed by atoms with E-state index in [9.17, 15) is 0 Å². The molecule has 1 aromatic carbocycles. The number of benzene rings is 1. The van der Waals surface area contributed by atoms with E-state index in [1.54, 1.807) is 12.4 Å². The molecule has 0 radical (unpaired) electrons. The summed E-state index contributed by atoms with van der Waals surface area (Å²) in [7, 11) is 1.93. The van der Waals surface area contributed by atoms with Crippen molar-refractivity contribution in [3.05, 3.63) is 72.6 Å². The molecule has 0 amide bonds. The molecule has 5 heteroatoms. The first-order valence-electron chi connectivity index (χ1n) is 8.13. The van der Waals surface area contributed by atoms with Crippen LogP contribution < -0.4 is 5.32 Å². The van der Waals surface area contributed by atoms with Crippen molar-refractivity contribution in [2.75, 3.05) is 7.05 Å². The number of fused-ring (bicyclic) bond motifs is 1. The highest BCUT2D eigenvalue weighted by Gasteiger charge is 2.15. The van der Waals surface area contributed by atoms with E-state index < -0.39 is 0 Å². The first-order chi connectivity index (χ1) is 12.3. The minimum absolute atomic E-state index is 0.744. The molecule has 4 aromatic rings. The van der Waals surface area contributed by atoms with Crippen molar-refractivity contribution in [1.82, 2.24) is 25.3 Å². The summed E-state index contributed by atoms with van der Waals surface area (Å²) in [4.78, 5) is 18.6. The molecule has 0 atom stereocenters. The normalized spacial score (nSPS) is 10.9. The van der Waals surface area contributed by atoms with Gasteiger partial charge in [0.1, 0.15) is 11.4 Å². The van der Waals surface area contributed by atoms with Gasteiger partial charge in [0.05, 0.1) is 22.4 Å². The third kappa shape index (κ3) is 3.09. The number of nitrogens with zero attached hydrogens (tertiary/aromatic N) is 4. The third-order valence-electron chi connectivity index (χ3n) is 3.92. The standard InChI is InChI=1S/C20H17N5/c1-21-13-14-8-9-15-18(12-14)25-20(17-7-3-5-11-23-17)19(24-15)16-6-2-4-10-22-16/h2-12,21H,13H2,1H3. The van der Waals surface area contributed by atoms with Crippen LogP contribution in [0.15, 0.2) is 67.0 Å². The van der Waals surface area contributed by atoms with Gasteiger partial charge < -0.3 is 5.32 Å². The van der Waals surface area contributed by atoms with E-state index in [0.29, 0.717) is 0 Å². The highest BCUT2D eigenvalue weighted by atomic mass is 14.9. The molecular formula is C20H17N5. The molecule has 5 nitrogen and oxygen atoms in total. The Labute approximate surface area is 145 Å². The predicted molar refractivity (Wildman–Crippen MR) is 98.8 cm³/mol. The summed E-state index contributed by atoms with van der Waals surface area (Å²) in [6, 6.07) is 17.7. The van der Waals surface area contributed by atoms with Gasteiger partial charge in [0, 0.05) is 18.9 Å². The van der Waals surface area contributed by atoms with Gasteiger partial charge in [-0.3, -0.25) is 9.97 Å². The fourth-order valence-corrected chi connectivity index (χ4v) is 2.78. The van der Waals surface area contributed by atoms with Crippen molar-refractivity contribution in [3.8, 4) is 22.8 Å². The van der Waals surface area contributed by atoms with E-state index in [-0.39, 0.29) is 0 Å². The molecule has 1 N–H and O–H groups in total. The second-order valence-corrected chi connectivity index (χ2v) is 5.70.